The summed E-state index contributed by atoms with van der Waals surface area (Å²) in [5.74, 6) is 2.91. The lowest BCUT2D eigenvalue weighted by molar-refractivity contribution is 0.592. The second kappa shape index (κ2) is 7.48. The third-order valence-corrected chi connectivity index (χ3v) is 5.02. The Balaban J connectivity index is 1.49. The summed E-state index contributed by atoms with van der Waals surface area (Å²) in [5, 5.41) is 14.1. The fraction of sp³-hybridized carbons (Fsp3) is 0.125. The smallest absolute Gasteiger partial charge is 0.229 e. The van der Waals surface area contributed by atoms with Crippen LogP contribution in [0.25, 0.3) is 22.9 Å². The number of sulfonamides is 1. The van der Waals surface area contributed by atoms with E-state index in [-0.39, 0.29) is 0 Å². The highest BCUT2D eigenvalue weighted by atomic mass is 32.2. The number of benzene rings is 1. The number of anilines is 1. The van der Waals surface area contributed by atoms with Gasteiger partial charge in [0.05, 0.1) is 12.0 Å². The van der Waals surface area contributed by atoms with Crippen LogP contribution in [0.1, 0.15) is 5.82 Å². The number of aromatic nitrogens is 6. The first-order valence-electron chi connectivity index (χ1n) is 8.04. The van der Waals surface area contributed by atoms with Crippen LogP contribution in [0, 0.1) is 0 Å². The van der Waals surface area contributed by atoms with Gasteiger partial charge in [-0.05, 0) is 24.3 Å². The Labute approximate surface area is 164 Å². The summed E-state index contributed by atoms with van der Waals surface area (Å²) >= 11 is 1.41. The van der Waals surface area contributed by atoms with Crippen LogP contribution in [-0.4, -0.2) is 45.0 Å². The van der Waals surface area contributed by atoms with Gasteiger partial charge in [0, 0.05) is 11.3 Å². The van der Waals surface area contributed by atoms with E-state index in [9.17, 15) is 8.42 Å². The molecule has 0 radical (unpaired) electrons. The van der Waals surface area contributed by atoms with Gasteiger partial charge < -0.3 is 4.42 Å². The fourth-order valence-electron chi connectivity index (χ4n) is 2.42. The Bertz CT molecular complexity index is 1180. The van der Waals surface area contributed by atoms with Gasteiger partial charge in [-0.3, -0.25) is 14.9 Å². The van der Waals surface area contributed by atoms with Crippen molar-refractivity contribution in [3.63, 3.8) is 0 Å². The molecule has 0 spiro atoms. The van der Waals surface area contributed by atoms with Crippen molar-refractivity contribution in [1.29, 1.82) is 0 Å². The SMILES string of the molecule is CS(=O)(=O)Nc1cccc(-c2ccc(-c3nc(SCc4ncn[nH]4)n[nH]3)o2)c1. The van der Waals surface area contributed by atoms with Gasteiger partial charge in [-0.2, -0.15) is 10.1 Å². The van der Waals surface area contributed by atoms with E-state index in [1.807, 2.05) is 6.07 Å². The molecule has 0 aliphatic rings. The number of nitrogens with one attached hydrogen (secondary N) is 3. The molecule has 3 aromatic heterocycles. The number of nitrogens with zero attached hydrogens (tertiary/aromatic N) is 4. The highest BCUT2D eigenvalue weighted by Gasteiger charge is 2.13. The number of hydrogen-bond acceptors (Lipinski definition) is 8. The van der Waals surface area contributed by atoms with E-state index in [0.717, 1.165) is 17.6 Å². The molecule has 0 aliphatic carbocycles. The molecule has 4 rings (SSSR count). The Morgan fingerprint density at radius 1 is 1.18 bits per heavy atom. The Morgan fingerprint density at radius 3 is 2.82 bits per heavy atom. The van der Waals surface area contributed by atoms with E-state index >= 15 is 0 Å². The van der Waals surface area contributed by atoms with Gasteiger partial charge in [-0.25, -0.2) is 13.4 Å². The average Bonchev–Trinajstić information content (AvgIpc) is 3.39. The number of furan rings is 1. The number of hydrogen-bond donors (Lipinski definition) is 3. The van der Waals surface area contributed by atoms with Crippen LogP contribution in [0.3, 0.4) is 0 Å². The Morgan fingerprint density at radius 2 is 2.04 bits per heavy atom. The molecule has 0 saturated heterocycles. The highest BCUT2D eigenvalue weighted by Crippen LogP contribution is 2.29. The summed E-state index contributed by atoms with van der Waals surface area (Å²) in [6, 6.07) is 10.5. The topological polar surface area (TPSA) is 142 Å². The van der Waals surface area contributed by atoms with Crippen molar-refractivity contribution in [3.05, 3.63) is 48.5 Å². The zero-order chi connectivity index (χ0) is 19.6. The normalized spacial score (nSPS) is 11.6. The van der Waals surface area contributed by atoms with Crippen LogP contribution in [0.5, 0.6) is 0 Å². The molecule has 0 amide bonds. The molecule has 28 heavy (non-hydrogen) atoms. The molecule has 3 N–H and O–H groups in total. The maximum Gasteiger partial charge on any atom is 0.229 e. The third-order valence-electron chi connectivity index (χ3n) is 3.56. The number of H-pyrrole nitrogens is 2. The van der Waals surface area contributed by atoms with Gasteiger partial charge in [0.2, 0.25) is 15.2 Å². The second-order valence-corrected chi connectivity index (χ2v) is 8.50. The van der Waals surface area contributed by atoms with Gasteiger partial charge in [0.25, 0.3) is 0 Å². The largest absolute Gasteiger partial charge is 0.453 e. The molecule has 0 atom stereocenters. The van der Waals surface area contributed by atoms with E-state index in [2.05, 4.69) is 35.1 Å². The van der Waals surface area contributed by atoms with Gasteiger partial charge in [-0.15, -0.1) is 5.10 Å². The van der Waals surface area contributed by atoms with Gasteiger partial charge in [0.1, 0.15) is 17.9 Å². The lowest BCUT2D eigenvalue weighted by Gasteiger charge is -2.05. The molecule has 0 saturated carbocycles. The molecule has 0 aliphatic heterocycles. The Hall–Kier alpha value is -3.12. The van der Waals surface area contributed by atoms with Crippen molar-refractivity contribution < 1.29 is 12.8 Å². The number of rotatable bonds is 7. The van der Waals surface area contributed by atoms with Crippen LogP contribution in [0.4, 0.5) is 5.69 Å². The van der Waals surface area contributed by atoms with Crippen molar-refractivity contribution in [1.82, 2.24) is 30.4 Å². The lowest BCUT2D eigenvalue weighted by Crippen LogP contribution is -2.09. The monoisotopic (exact) mass is 417 g/mol. The first kappa shape index (κ1) is 18.3. The first-order chi connectivity index (χ1) is 13.5. The van der Waals surface area contributed by atoms with Crippen LogP contribution >= 0.6 is 11.8 Å². The molecule has 3 heterocycles. The van der Waals surface area contributed by atoms with Gasteiger partial charge in [-0.1, -0.05) is 23.9 Å². The van der Waals surface area contributed by atoms with Crippen molar-refractivity contribution in [3.8, 4) is 22.9 Å². The predicted octanol–water partition coefficient (Wildman–Crippen LogP) is 2.51. The molecule has 4 aromatic rings. The van der Waals surface area contributed by atoms with Gasteiger partial charge >= 0.3 is 0 Å². The average molecular weight is 417 g/mol. The molecule has 1 aromatic carbocycles. The molecule has 144 valence electrons. The molecule has 12 heteroatoms. The van der Waals surface area contributed by atoms with Crippen molar-refractivity contribution >= 4 is 27.5 Å². The van der Waals surface area contributed by atoms with E-state index < -0.39 is 10.0 Å². The fourth-order valence-corrected chi connectivity index (χ4v) is 3.65. The summed E-state index contributed by atoms with van der Waals surface area (Å²) < 4.78 is 31.1. The molecule has 0 fully saturated rings. The lowest BCUT2D eigenvalue weighted by atomic mass is 10.1. The minimum Gasteiger partial charge on any atom is -0.453 e. The number of thioether (sulfide) groups is 1. The van der Waals surface area contributed by atoms with E-state index in [1.165, 1.54) is 18.1 Å². The number of aromatic amines is 2. The highest BCUT2D eigenvalue weighted by molar-refractivity contribution is 7.98. The van der Waals surface area contributed by atoms with Gasteiger partial charge in [0.15, 0.2) is 11.6 Å². The molecular weight excluding hydrogens is 402 g/mol. The molecule has 10 nitrogen and oxygen atoms in total. The summed E-state index contributed by atoms with van der Waals surface area (Å²) in [6.45, 7) is 0. The minimum atomic E-state index is -3.35. The maximum absolute atomic E-state index is 11.4. The van der Waals surface area contributed by atoms with E-state index in [0.29, 0.717) is 33.9 Å². The molecular formula is C16H15N7O3S2. The van der Waals surface area contributed by atoms with Crippen molar-refractivity contribution in [2.75, 3.05) is 11.0 Å². The van der Waals surface area contributed by atoms with Crippen LogP contribution < -0.4 is 4.72 Å². The zero-order valence-corrected chi connectivity index (χ0v) is 16.2. The molecule has 0 bridgehead atoms. The Kier molecular flexibility index (Phi) is 4.88. The van der Waals surface area contributed by atoms with Crippen LogP contribution in [0.15, 0.2) is 52.3 Å². The zero-order valence-electron chi connectivity index (χ0n) is 14.6. The quantitative estimate of drug-likeness (QED) is 0.389. The standard InChI is InChI=1S/C16H15N7O3S2/c1-28(24,25)23-11-4-2-3-10(7-11)12-5-6-13(26-12)15-19-16(22-21-15)27-8-14-17-9-18-20-14/h2-7,9,23H,8H2,1H3,(H,17,18,20)(H,19,21,22). The maximum atomic E-state index is 11.4. The van der Waals surface area contributed by atoms with Crippen molar-refractivity contribution in [2.45, 2.75) is 10.9 Å². The summed E-state index contributed by atoms with van der Waals surface area (Å²) in [5.41, 5.74) is 1.20. The van der Waals surface area contributed by atoms with Crippen LogP contribution in [0.2, 0.25) is 0 Å². The summed E-state index contributed by atoms with van der Waals surface area (Å²) in [7, 11) is -3.35. The molecule has 0 unspecified atom stereocenters. The summed E-state index contributed by atoms with van der Waals surface area (Å²) in [6.07, 6.45) is 2.55. The summed E-state index contributed by atoms with van der Waals surface area (Å²) in [4.78, 5) is 8.45. The second-order valence-electron chi connectivity index (χ2n) is 5.81. The minimum absolute atomic E-state index is 0.462. The van der Waals surface area contributed by atoms with E-state index in [4.69, 9.17) is 4.42 Å². The van der Waals surface area contributed by atoms with E-state index in [1.54, 1.807) is 30.3 Å². The first-order valence-corrected chi connectivity index (χ1v) is 10.9. The van der Waals surface area contributed by atoms with Crippen molar-refractivity contribution in [2.24, 2.45) is 0 Å². The predicted molar refractivity (Wildman–Crippen MR) is 104 cm³/mol. The third kappa shape index (κ3) is 4.40. The van der Waals surface area contributed by atoms with Crippen LogP contribution in [-0.2, 0) is 15.8 Å².